The highest BCUT2D eigenvalue weighted by Crippen LogP contribution is 2.38. The van der Waals surface area contributed by atoms with E-state index >= 15 is 0 Å². The molecule has 1 rings (SSSR count). The third-order valence-electron chi connectivity index (χ3n) is 1.85. The van der Waals surface area contributed by atoms with E-state index in [2.05, 4.69) is 4.74 Å². The van der Waals surface area contributed by atoms with Crippen LogP contribution >= 0.6 is 0 Å². The molecule has 0 spiro atoms. The second-order valence-corrected chi connectivity index (χ2v) is 2.67. The SMILES string of the molecule is C#Cc1ccc(OC)c([N+](=O)[O-])c1[N+](=O)[O-]. The highest BCUT2D eigenvalue weighted by Gasteiger charge is 2.32. The van der Waals surface area contributed by atoms with E-state index in [9.17, 15) is 20.2 Å². The van der Waals surface area contributed by atoms with E-state index in [-0.39, 0.29) is 11.3 Å². The number of nitro benzene ring substituents is 2. The van der Waals surface area contributed by atoms with E-state index in [0.717, 1.165) is 0 Å². The van der Waals surface area contributed by atoms with Gasteiger partial charge in [-0.1, -0.05) is 5.92 Å². The van der Waals surface area contributed by atoms with Crippen LogP contribution in [0.2, 0.25) is 0 Å². The van der Waals surface area contributed by atoms with E-state index in [1.54, 1.807) is 0 Å². The van der Waals surface area contributed by atoms with Crippen molar-refractivity contribution in [1.82, 2.24) is 0 Å². The minimum atomic E-state index is -0.893. The highest BCUT2D eigenvalue weighted by molar-refractivity contribution is 5.69. The Bertz CT molecular complexity index is 503. The highest BCUT2D eigenvalue weighted by atomic mass is 16.6. The molecular formula is C9H6N2O5. The largest absolute Gasteiger partial charge is 0.490 e. The van der Waals surface area contributed by atoms with Crippen LogP contribution in [0.3, 0.4) is 0 Å². The molecule has 0 N–H and O–H groups in total. The summed E-state index contributed by atoms with van der Waals surface area (Å²) in [6.45, 7) is 0. The fourth-order valence-corrected chi connectivity index (χ4v) is 1.20. The van der Waals surface area contributed by atoms with Crippen molar-refractivity contribution in [3.63, 3.8) is 0 Å². The fourth-order valence-electron chi connectivity index (χ4n) is 1.20. The van der Waals surface area contributed by atoms with Gasteiger partial charge in [-0.05, 0) is 12.1 Å². The van der Waals surface area contributed by atoms with Gasteiger partial charge < -0.3 is 4.74 Å². The van der Waals surface area contributed by atoms with E-state index in [1.165, 1.54) is 19.2 Å². The molecule has 16 heavy (non-hydrogen) atoms. The predicted octanol–water partition coefficient (Wildman–Crippen LogP) is 1.49. The molecule has 0 atom stereocenters. The van der Waals surface area contributed by atoms with Crippen molar-refractivity contribution < 1.29 is 14.6 Å². The Kier molecular flexibility index (Phi) is 3.06. The summed E-state index contributed by atoms with van der Waals surface area (Å²) in [5.74, 6) is 1.82. The zero-order valence-electron chi connectivity index (χ0n) is 8.17. The molecule has 7 heteroatoms. The van der Waals surface area contributed by atoms with Gasteiger partial charge in [-0.3, -0.25) is 20.2 Å². The molecule has 0 saturated heterocycles. The van der Waals surface area contributed by atoms with Crippen LogP contribution in [0.15, 0.2) is 12.1 Å². The second-order valence-electron chi connectivity index (χ2n) is 2.67. The molecule has 0 unspecified atom stereocenters. The van der Waals surface area contributed by atoms with Gasteiger partial charge in [0, 0.05) is 0 Å². The lowest BCUT2D eigenvalue weighted by Crippen LogP contribution is -2.01. The molecule has 0 bridgehead atoms. The third kappa shape index (κ3) is 1.76. The Morgan fingerprint density at radius 3 is 2.19 bits per heavy atom. The molecule has 1 aromatic rings. The Labute approximate surface area is 89.9 Å². The van der Waals surface area contributed by atoms with Gasteiger partial charge in [-0.2, -0.15) is 0 Å². The molecule has 0 amide bonds. The lowest BCUT2D eigenvalue weighted by molar-refractivity contribution is -0.423. The molecule has 1 aromatic carbocycles. The Morgan fingerprint density at radius 2 is 1.81 bits per heavy atom. The average molecular weight is 222 g/mol. The number of ether oxygens (including phenoxy) is 1. The van der Waals surface area contributed by atoms with E-state index in [1.807, 2.05) is 5.92 Å². The maximum Gasteiger partial charge on any atom is 0.388 e. The first-order valence-corrected chi connectivity index (χ1v) is 3.99. The zero-order valence-corrected chi connectivity index (χ0v) is 8.17. The molecule has 0 aliphatic heterocycles. The van der Waals surface area contributed by atoms with Gasteiger partial charge in [0.25, 0.3) is 0 Å². The fraction of sp³-hybridized carbons (Fsp3) is 0.111. The first-order chi connectivity index (χ1) is 7.52. The van der Waals surface area contributed by atoms with Crippen molar-refractivity contribution in [3.8, 4) is 18.1 Å². The smallest absolute Gasteiger partial charge is 0.388 e. The standard InChI is InChI=1S/C9H6N2O5/c1-3-6-4-5-7(16-2)9(11(14)15)8(6)10(12)13/h1,4-5H,2H3. The van der Waals surface area contributed by atoms with E-state index < -0.39 is 21.2 Å². The number of terminal acetylenes is 1. The monoisotopic (exact) mass is 222 g/mol. The molecular weight excluding hydrogens is 216 g/mol. The van der Waals surface area contributed by atoms with Crippen molar-refractivity contribution in [2.45, 2.75) is 0 Å². The topological polar surface area (TPSA) is 95.5 Å². The minimum Gasteiger partial charge on any atom is -0.490 e. The van der Waals surface area contributed by atoms with E-state index in [0.29, 0.717) is 0 Å². The maximum absolute atomic E-state index is 10.7. The number of methoxy groups -OCH3 is 1. The van der Waals surface area contributed by atoms with Crippen LogP contribution in [0.1, 0.15) is 5.56 Å². The molecule has 7 nitrogen and oxygen atoms in total. The quantitative estimate of drug-likeness (QED) is 0.438. The molecule has 82 valence electrons. The van der Waals surface area contributed by atoms with Crippen LogP contribution in [-0.4, -0.2) is 17.0 Å². The number of nitro groups is 2. The van der Waals surface area contributed by atoms with Crippen LogP contribution in [-0.2, 0) is 0 Å². The van der Waals surface area contributed by atoms with Crippen molar-refractivity contribution in [1.29, 1.82) is 0 Å². The Balaban J connectivity index is 3.68. The van der Waals surface area contributed by atoms with Crippen molar-refractivity contribution in [3.05, 3.63) is 37.9 Å². The minimum absolute atomic E-state index is 0.155. The lowest BCUT2D eigenvalue weighted by atomic mass is 10.1. The summed E-state index contributed by atoms with van der Waals surface area (Å²) in [6, 6.07) is 2.45. The zero-order chi connectivity index (χ0) is 12.3. The van der Waals surface area contributed by atoms with Crippen LogP contribution in [0.25, 0.3) is 0 Å². The summed E-state index contributed by atoms with van der Waals surface area (Å²) >= 11 is 0. The summed E-state index contributed by atoms with van der Waals surface area (Å²) in [5, 5.41) is 21.5. The molecule has 0 aliphatic carbocycles. The molecule has 0 aromatic heterocycles. The van der Waals surface area contributed by atoms with Crippen molar-refractivity contribution in [2.24, 2.45) is 0 Å². The van der Waals surface area contributed by atoms with Gasteiger partial charge in [0.1, 0.15) is 5.56 Å². The van der Waals surface area contributed by atoms with Crippen molar-refractivity contribution in [2.75, 3.05) is 7.11 Å². The van der Waals surface area contributed by atoms with Crippen molar-refractivity contribution >= 4 is 11.4 Å². The van der Waals surface area contributed by atoms with Crippen LogP contribution in [0.4, 0.5) is 11.4 Å². The number of hydrogen-bond donors (Lipinski definition) is 0. The first kappa shape index (κ1) is 11.5. The molecule has 0 radical (unpaired) electrons. The van der Waals surface area contributed by atoms with Crippen LogP contribution < -0.4 is 4.74 Å². The lowest BCUT2D eigenvalue weighted by Gasteiger charge is -2.02. The molecule has 0 fully saturated rings. The van der Waals surface area contributed by atoms with Crippen LogP contribution in [0.5, 0.6) is 5.75 Å². The summed E-state index contributed by atoms with van der Waals surface area (Å²) in [4.78, 5) is 19.7. The Morgan fingerprint density at radius 1 is 1.25 bits per heavy atom. The predicted molar refractivity (Wildman–Crippen MR) is 54.2 cm³/mol. The number of nitrogens with zero attached hydrogens (tertiary/aromatic N) is 2. The maximum atomic E-state index is 10.7. The third-order valence-corrected chi connectivity index (χ3v) is 1.85. The van der Waals surface area contributed by atoms with E-state index in [4.69, 9.17) is 6.42 Å². The normalized spacial score (nSPS) is 9.25. The summed E-state index contributed by atoms with van der Waals surface area (Å²) in [5.41, 5.74) is -1.62. The number of benzene rings is 1. The second kappa shape index (κ2) is 4.27. The number of rotatable bonds is 3. The summed E-state index contributed by atoms with van der Waals surface area (Å²) in [6.07, 6.45) is 5.03. The van der Waals surface area contributed by atoms with Gasteiger partial charge in [0.05, 0.1) is 17.0 Å². The summed E-state index contributed by atoms with van der Waals surface area (Å²) in [7, 11) is 1.18. The molecule has 0 saturated carbocycles. The van der Waals surface area contributed by atoms with Gasteiger partial charge in [0.2, 0.25) is 5.75 Å². The Hall–Kier alpha value is -2.62. The van der Waals surface area contributed by atoms with Gasteiger partial charge in [0.15, 0.2) is 0 Å². The van der Waals surface area contributed by atoms with Gasteiger partial charge in [-0.25, -0.2) is 0 Å². The average Bonchev–Trinajstić information content (AvgIpc) is 2.26. The first-order valence-electron chi connectivity index (χ1n) is 3.99. The summed E-state index contributed by atoms with van der Waals surface area (Å²) < 4.78 is 4.68. The van der Waals surface area contributed by atoms with Gasteiger partial charge in [-0.15, -0.1) is 6.42 Å². The molecule has 0 aliphatic rings. The van der Waals surface area contributed by atoms with Crippen LogP contribution in [0, 0.1) is 32.6 Å². The molecule has 0 heterocycles. The van der Waals surface area contributed by atoms with Gasteiger partial charge >= 0.3 is 11.4 Å². The number of hydrogen-bond acceptors (Lipinski definition) is 5.